The fourth-order valence-corrected chi connectivity index (χ4v) is 5.50. The summed E-state index contributed by atoms with van der Waals surface area (Å²) in [5.41, 5.74) is 3.87. The van der Waals surface area contributed by atoms with Crippen molar-refractivity contribution in [3.05, 3.63) is 87.1 Å². The maximum absolute atomic E-state index is 11.7. The van der Waals surface area contributed by atoms with Gasteiger partial charge < -0.3 is 25.8 Å². The number of hydrogen-bond acceptors (Lipinski definition) is 6. The summed E-state index contributed by atoms with van der Waals surface area (Å²) in [6.07, 6.45) is 12.5. The largest absolute Gasteiger partial charge is 0.506 e. The third kappa shape index (κ3) is 6.92. The molecule has 6 nitrogen and oxygen atoms in total. The van der Waals surface area contributed by atoms with Crippen LogP contribution in [0.2, 0.25) is 0 Å². The van der Waals surface area contributed by atoms with Gasteiger partial charge in [0.25, 0.3) is 0 Å². The smallest absolute Gasteiger partial charge is 0.305 e. The quantitative estimate of drug-likeness (QED) is 0.239. The van der Waals surface area contributed by atoms with Crippen LogP contribution in [0.1, 0.15) is 49.0 Å². The Morgan fingerprint density at radius 2 is 2.00 bits per heavy atom. The van der Waals surface area contributed by atoms with Crippen LogP contribution in [-0.2, 0) is 13.0 Å². The van der Waals surface area contributed by atoms with E-state index in [1.165, 1.54) is 23.6 Å². The van der Waals surface area contributed by atoms with E-state index in [2.05, 4.69) is 71.1 Å². The van der Waals surface area contributed by atoms with Crippen LogP contribution in [-0.4, -0.2) is 34.8 Å². The van der Waals surface area contributed by atoms with Gasteiger partial charge in [0.05, 0.1) is 10.8 Å². The summed E-state index contributed by atoms with van der Waals surface area (Å²) in [5.74, 6) is 0.0183. The second-order valence-electron chi connectivity index (χ2n) is 9.61. The molecule has 0 saturated carbocycles. The number of aliphatic hydroxyl groups is 1. The number of phenols is 1. The summed E-state index contributed by atoms with van der Waals surface area (Å²) in [7, 11) is 0. The van der Waals surface area contributed by atoms with Gasteiger partial charge in [-0.3, -0.25) is 4.79 Å². The molecule has 186 valence electrons. The number of allylic oxidation sites excluding steroid dienone is 4. The van der Waals surface area contributed by atoms with E-state index in [9.17, 15) is 15.0 Å². The summed E-state index contributed by atoms with van der Waals surface area (Å²) in [6, 6.07) is 11.8. The lowest BCUT2D eigenvalue weighted by atomic mass is 9.80. The number of fused-ring (bicyclic) bond motifs is 1. The highest BCUT2D eigenvalue weighted by Crippen LogP contribution is 2.32. The predicted molar refractivity (Wildman–Crippen MR) is 144 cm³/mol. The van der Waals surface area contributed by atoms with Crippen molar-refractivity contribution in [3.8, 4) is 5.75 Å². The lowest BCUT2D eigenvalue weighted by Gasteiger charge is -2.26. The van der Waals surface area contributed by atoms with Gasteiger partial charge >= 0.3 is 4.87 Å². The van der Waals surface area contributed by atoms with Crippen LogP contribution in [0.25, 0.3) is 10.2 Å². The zero-order valence-corrected chi connectivity index (χ0v) is 21.0. The Hall–Kier alpha value is -2.71. The zero-order valence-electron chi connectivity index (χ0n) is 20.2. The lowest BCUT2D eigenvalue weighted by molar-refractivity contribution is 0.176. The van der Waals surface area contributed by atoms with E-state index in [-0.39, 0.29) is 10.6 Å². The summed E-state index contributed by atoms with van der Waals surface area (Å²) in [4.78, 5) is 14.1. The molecule has 1 aliphatic rings. The number of hydrogen-bond donors (Lipinski definition) is 5. The maximum atomic E-state index is 11.7. The first-order valence-corrected chi connectivity index (χ1v) is 13.1. The molecule has 7 heteroatoms. The third-order valence-electron chi connectivity index (χ3n) is 6.63. The second-order valence-corrected chi connectivity index (χ2v) is 10.6. The summed E-state index contributed by atoms with van der Waals surface area (Å²) < 4.78 is 0.602. The van der Waals surface area contributed by atoms with Crippen LogP contribution < -0.4 is 15.5 Å². The van der Waals surface area contributed by atoms with Crippen LogP contribution in [0.3, 0.4) is 0 Å². The first-order chi connectivity index (χ1) is 16.9. The molecule has 0 spiro atoms. The number of aromatic hydroxyl groups is 1. The first-order valence-electron chi connectivity index (χ1n) is 12.3. The zero-order chi connectivity index (χ0) is 24.7. The molecule has 0 amide bonds. The molecule has 1 heterocycles. The maximum Gasteiger partial charge on any atom is 0.305 e. The SMILES string of the molecule is CC1(CCCNCc2cccc(CCNC[C@H](O)c3ccc(O)c4[nH]c(=O)sc34)c2)C=CC=CC1. The monoisotopic (exact) mass is 493 g/mol. The van der Waals surface area contributed by atoms with E-state index in [4.69, 9.17) is 0 Å². The second kappa shape index (κ2) is 11.8. The van der Waals surface area contributed by atoms with Gasteiger partial charge in [0, 0.05) is 18.7 Å². The normalized spacial score (nSPS) is 18.3. The van der Waals surface area contributed by atoms with Crippen molar-refractivity contribution in [2.24, 2.45) is 5.41 Å². The van der Waals surface area contributed by atoms with Gasteiger partial charge in [-0.05, 0) is 61.4 Å². The fraction of sp³-hybridized carbons (Fsp3) is 0.393. The Morgan fingerprint density at radius 3 is 2.83 bits per heavy atom. The summed E-state index contributed by atoms with van der Waals surface area (Å²) in [6.45, 7) is 5.31. The van der Waals surface area contributed by atoms with Gasteiger partial charge in [0.1, 0.15) is 11.3 Å². The molecule has 0 bridgehead atoms. The van der Waals surface area contributed by atoms with Crippen LogP contribution in [0.5, 0.6) is 5.75 Å². The molecule has 0 radical (unpaired) electrons. The molecule has 1 aromatic heterocycles. The molecule has 5 N–H and O–H groups in total. The van der Waals surface area contributed by atoms with Crippen LogP contribution in [0, 0.1) is 5.41 Å². The van der Waals surface area contributed by atoms with Crippen molar-refractivity contribution in [2.45, 2.75) is 45.3 Å². The van der Waals surface area contributed by atoms with Gasteiger partial charge in [-0.25, -0.2) is 0 Å². The number of benzene rings is 2. The van der Waals surface area contributed by atoms with Crippen LogP contribution in [0.15, 0.2) is 65.5 Å². The Bertz CT molecular complexity index is 1250. The number of phenolic OH excluding ortho intramolecular Hbond substituents is 1. The predicted octanol–water partition coefficient (Wildman–Crippen LogP) is 4.55. The average molecular weight is 494 g/mol. The Kier molecular flexibility index (Phi) is 8.57. The summed E-state index contributed by atoms with van der Waals surface area (Å²) in [5, 5.41) is 27.4. The minimum atomic E-state index is -0.762. The standard InChI is InChI=1S/C28H35N3O3S/c1-28(12-3-2-4-13-28)14-6-15-29-18-21-8-5-7-20(17-21)11-16-30-19-24(33)22-9-10-23(32)25-26(22)35-27(34)31-25/h2-5,7-10,12,17,24,29-30,32-33H,6,11,13-16,18-19H2,1H3,(H,31,34)/t24-,28?/m0/s1. The van der Waals surface area contributed by atoms with Gasteiger partial charge in [-0.2, -0.15) is 0 Å². The Balaban J connectivity index is 1.18. The van der Waals surface area contributed by atoms with E-state index >= 15 is 0 Å². The minimum Gasteiger partial charge on any atom is -0.506 e. The highest BCUT2D eigenvalue weighted by molar-refractivity contribution is 7.16. The van der Waals surface area contributed by atoms with Crippen LogP contribution >= 0.6 is 11.3 Å². The van der Waals surface area contributed by atoms with Crippen LogP contribution in [0.4, 0.5) is 0 Å². The highest BCUT2D eigenvalue weighted by atomic mass is 32.1. The molecular formula is C28H35N3O3S. The highest BCUT2D eigenvalue weighted by Gasteiger charge is 2.20. The van der Waals surface area contributed by atoms with Gasteiger partial charge in [0.2, 0.25) is 0 Å². The number of rotatable bonds is 12. The number of aromatic amines is 1. The van der Waals surface area contributed by atoms with E-state index in [1.54, 1.807) is 6.07 Å². The molecule has 0 aliphatic heterocycles. The van der Waals surface area contributed by atoms with Crippen molar-refractivity contribution < 1.29 is 10.2 Å². The molecule has 1 unspecified atom stereocenters. The molecule has 2 aromatic carbocycles. The molecule has 4 rings (SSSR count). The van der Waals surface area contributed by atoms with E-state index in [1.807, 2.05) is 0 Å². The Labute approximate surface area is 210 Å². The number of aliphatic hydroxyl groups excluding tert-OH is 1. The van der Waals surface area contributed by atoms with Crippen molar-refractivity contribution >= 4 is 21.6 Å². The molecule has 2 atom stereocenters. The molecule has 0 saturated heterocycles. The number of thiazole rings is 1. The van der Waals surface area contributed by atoms with E-state index < -0.39 is 6.10 Å². The number of aromatic nitrogens is 1. The average Bonchev–Trinajstić information content (AvgIpc) is 3.25. The van der Waals surface area contributed by atoms with E-state index in [0.29, 0.717) is 27.7 Å². The van der Waals surface area contributed by atoms with E-state index in [0.717, 1.165) is 50.2 Å². The first kappa shape index (κ1) is 25.4. The van der Waals surface area contributed by atoms with Gasteiger partial charge in [-0.15, -0.1) is 0 Å². The lowest BCUT2D eigenvalue weighted by Crippen LogP contribution is -2.24. The minimum absolute atomic E-state index is 0.0183. The van der Waals surface area contributed by atoms with Crippen molar-refractivity contribution in [1.82, 2.24) is 15.6 Å². The number of H-pyrrole nitrogens is 1. The molecular weight excluding hydrogens is 458 g/mol. The topological polar surface area (TPSA) is 97.4 Å². The third-order valence-corrected chi connectivity index (χ3v) is 7.56. The molecule has 0 fully saturated rings. The molecule has 1 aliphatic carbocycles. The molecule has 3 aromatic rings. The molecule has 35 heavy (non-hydrogen) atoms. The van der Waals surface area contributed by atoms with Gasteiger partial charge in [0.15, 0.2) is 0 Å². The Morgan fingerprint density at radius 1 is 1.14 bits per heavy atom. The van der Waals surface area contributed by atoms with Crippen molar-refractivity contribution in [2.75, 3.05) is 19.6 Å². The summed E-state index contributed by atoms with van der Waals surface area (Å²) >= 11 is 1.00. The van der Waals surface area contributed by atoms with Gasteiger partial charge in [-0.1, -0.05) is 72.9 Å². The van der Waals surface area contributed by atoms with Crippen molar-refractivity contribution in [3.63, 3.8) is 0 Å². The fourth-order valence-electron chi connectivity index (χ4n) is 4.59. The number of nitrogens with one attached hydrogen (secondary N) is 3. The van der Waals surface area contributed by atoms with Crippen molar-refractivity contribution in [1.29, 1.82) is 0 Å².